The number of benzene rings is 2. The maximum atomic E-state index is 12.9. The van der Waals surface area contributed by atoms with Gasteiger partial charge in [-0.1, -0.05) is 32.0 Å². The van der Waals surface area contributed by atoms with Gasteiger partial charge in [0.05, 0.1) is 18.1 Å². The largest absolute Gasteiger partial charge is 0.496 e. The second kappa shape index (κ2) is 11.7. The highest BCUT2D eigenvalue weighted by Gasteiger charge is 2.20. The van der Waals surface area contributed by atoms with E-state index >= 15 is 0 Å². The number of aromatic nitrogens is 1. The van der Waals surface area contributed by atoms with E-state index in [2.05, 4.69) is 15.6 Å². The van der Waals surface area contributed by atoms with Crippen molar-refractivity contribution in [2.75, 3.05) is 17.7 Å². The van der Waals surface area contributed by atoms with Crippen LogP contribution in [-0.4, -0.2) is 29.2 Å². The minimum absolute atomic E-state index is 0.00550. The maximum Gasteiger partial charge on any atom is 0.239 e. The molecule has 0 aliphatic rings. The van der Waals surface area contributed by atoms with Gasteiger partial charge < -0.3 is 15.4 Å². The lowest BCUT2D eigenvalue weighted by atomic mass is 10.1. The molecule has 3 aromatic rings. The van der Waals surface area contributed by atoms with Gasteiger partial charge in [-0.2, -0.15) is 0 Å². The molecule has 0 fully saturated rings. The van der Waals surface area contributed by atoms with E-state index in [0.717, 1.165) is 34.0 Å². The Balaban J connectivity index is 1.66. The van der Waals surface area contributed by atoms with Crippen molar-refractivity contribution in [1.82, 2.24) is 4.98 Å². The van der Waals surface area contributed by atoms with E-state index in [1.807, 2.05) is 67.8 Å². The van der Waals surface area contributed by atoms with Gasteiger partial charge in [0.25, 0.3) is 0 Å². The van der Waals surface area contributed by atoms with Crippen molar-refractivity contribution in [3.63, 3.8) is 0 Å². The zero-order valence-electron chi connectivity index (χ0n) is 18.4. The summed E-state index contributed by atoms with van der Waals surface area (Å²) in [5.74, 6) is 0.636. The molecule has 1 unspecified atom stereocenters. The third-order valence-electron chi connectivity index (χ3n) is 4.65. The molecular formula is C24H27N3O3S2. The van der Waals surface area contributed by atoms with E-state index in [9.17, 15) is 9.59 Å². The summed E-state index contributed by atoms with van der Waals surface area (Å²) < 4.78 is 5.41. The second-order valence-electron chi connectivity index (χ2n) is 7.07. The van der Waals surface area contributed by atoms with Crippen LogP contribution in [0.25, 0.3) is 11.3 Å². The zero-order valence-corrected chi connectivity index (χ0v) is 20.0. The number of thioether (sulfide) groups is 1. The van der Waals surface area contributed by atoms with E-state index in [1.54, 1.807) is 7.11 Å². The van der Waals surface area contributed by atoms with Gasteiger partial charge in [-0.15, -0.1) is 23.1 Å². The molecule has 0 radical (unpaired) electrons. The van der Waals surface area contributed by atoms with Crippen LogP contribution in [0.4, 0.5) is 10.8 Å². The number of hydrogen-bond donors (Lipinski definition) is 2. The predicted octanol–water partition coefficient (Wildman–Crippen LogP) is 6.07. The molecule has 2 N–H and O–H groups in total. The smallest absolute Gasteiger partial charge is 0.239 e. The second-order valence-corrected chi connectivity index (χ2v) is 9.20. The Kier molecular flexibility index (Phi) is 8.70. The van der Waals surface area contributed by atoms with Crippen molar-refractivity contribution in [2.45, 2.75) is 43.3 Å². The predicted molar refractivity (Wildman–Crippen MR) is 133 cm³/mol. The topological polar surface area (TPSA) is 80.3 Å². The van der Waals surface area contributed by atoms with Crippen molar-refractivity contribution >= 4 is 45.7 Å². The molecule has 0 saturated carbocycles. The van der Waals surface area contributed by atoms with Crippen molar-refractivity contribution in [2.24, 2.45) is 0 Å². The summed E-state index contributed by atoms with van der Waals surface area (Å²) in [5.41, 5.74) is 2.39. The molecule has 0 aliphatic carbocycles. The van der Waals surface area contributed by atoms with Crippen molar-refractivity contribution in [3.8, 4) is 17.0 Å². The molecule has 1 atom stereocenters. The van der Waals surface area contributed by atoms with Gasteiger partial charge >= 0.3 is 0 Å². The van der Waals surface area contributed by atoms with Crippen LogP contribution in [0.15, 0.2) is 58.8 Å². The quantitative estimate of drug-likeness (QED) is 0.352. The number of anilines is 2. The van der Waals surface area contributed by atoms with Crippen LogP contribution in [-0.2, 0) is 9.59 Å². The van der Waals surface area contributed by atoms with Gasteiger partial charge in [0, 0.05) is 27.9 Å². The first-order valence-electron chi connectivity index (χ1n) is 10.5. The van der Waals surface area contributed by atoms with E-state index in [1.165, 1.54) is 23.1 Å². The molecular weight excluding hydrogens is 442 g/mol. The van der Waals surface area contributed by atoms with Crippen LogP contribution in [0.5, 0.6) is 5.75 Å². The molecule has 168 valence electrons. The third kappa shape index (κ3) is 6.34. The van der Waals surface area contributed by atoms with Crippen molar-refractivity contribution < 1.29 is 14.3 Å². The summed E-state index contributed by atoms with van der Waals surface area (Å²) in [5, 5.41) is 8.02. The Bertz CT molecular complexity index is 1070. The standard InChI is InChI=1S/C24H27N3O3S2/c1-4-9-22(28)25-16-10-8-11-17(14-16)32-21(5-2)23(29)27-24-26-19(15-31-24)18-12-6-7-13-20(18)30-3/h6-8,10-15,21H,4-5,9H2,1-3H3,(H,25,28)(H,26,27,29). The number of hydrogen-bond acceptors (Lipinski definition) is 6. The van der Waals surface area contributed by atoms with Crippen LogP contribution >= 0.6 is 23.1 Å². The molecule has 1 aromatic heterocycles. The number of ether oxygens (including phenoxy) is 1. The Morgan fingerprint density at radius 3 is 2.69 bits per heavy atom. The lowest BCUT2D eigenvalue weighted by Crippen LogP contribution is -2.24. The SMILES string of the molecule is CCCC(=O)Nc1cccc(SC(CC)C(=O)Nc2nc(-c3ccccc3OC)cs2)c1. The normalized spacial score (nSPS) is 11.6. The molecule has 8 heteroatoms. The highest BCUT2D eigenvalue weighted by molar-refractivity contribution is 8.00. The van der Waals surface area contributed by atoms with Gasteiger partial charge in [0.2, 0.25) is 11.8 Å². The van der Waals surface area contributed by atoms with Gasteiger partial charge in [0.15, 0.2) is 5.13 Å². The van der Waals surface area contributed by atoms with E-state index in [0.29, 0.717) is 18.0 Å². The van der Waals surface area contributed by atoms with Crippen LogP contribution in [0.2, 0.25) is 0 Å². The molecule has 6 nitrogen and oxygen atoms in total. The number of methoxy groups -OCH3 is 1. The Labute approximate surface area is 196 Å². The molecule has 2 aromatic carbocycles. The number of amides is 2. The lowest BCUT2D eigenvalue weighted by Gasteiger charge is -2.14. The molecule has 0 spiro atoms. The third-order valence-corrected chi connectivity index (χ3v) is 6.77. The average Bonchev–Trinajstić information content (AvgIpc) is 3.26. The highest BCUT2D eigenvalue weighted by Crippen LogP contribution is 2.33. The first-order valence-corrected chi connectivity index (χ1v) is 12.3. The molecule has 1 heterocycles. The van der Waals surface area contributed by atoms with Crippen LogP contribution in [0.1, 0.15) is 33.1 Å². The summed E-state index contributed by atoms with van der Waals surface area (Å²) in [6.45, 7) is 3.95. The number of nitrogens with one attached hydrogen (secondary N) is 2. The first kappa shape index (κ1) is 23.8. The number of rotatable bonds is 10. The van der Waals surface area contributed by atoms with Crippen molar-refractivity contribution in [3.05, 3.63) is 53.9 Å². The molecule has 0 aliphatic heterocycles. The zero-order chi connectivity index (χ0) is 22.9. The summed E-state index contributed by atoms with van der Waals surface area (Å²) in [6.07, 6.45) is 1.95. The molecule has 0 saturated heterocycles. The van der Waals surface area contributed by atoms with E-state index < -0.39 is 0 Å². The summed E-state index contributed by atoms with van der Waals surface area (Å²) >= 11 is 2.86. The maximum absolute atomic E-state index is 12.9. The Morgan fingerprint density at radius 2 is 1.94 bits per heavy atom. The van der Waals surface area contributed by atoms with Gasteiger partial charge in [0.1, 0.15) is 5.75 Å². The minimum Gasteiger partial charge on any atom is -0.496 e. The van der Waals surface area contributed by atoms with Gasteiger partial charge in [-0.05, 0) is 43.2 Å². The summed E-state index contributed by atoms with van der Waals surface area (Å²) in [4.78, 5) is 30.3. The fourth-order valence-electron chi connectivity index (χ4n) is 3.08. The number of carbonyl (C=O) groups excluding carboxylic acids is 2. The van der Waals surface area contributed by atoms with Crippen LogP contribution in [0, 0.1) is 0 Å². The average molecular weight is 470 g/mol. The summed E-state index contributed by atoms with van der Waals surface area (Å²) in [7, 11) is 1.63. The fourth-order valence-corrected chi connectivity index (χ4v) is 4.81. The first-order chi connectivity index (χ1) is 15.5. The fraction of sp³-hybridized carbons (Fsp3) is 0.292. The van der Waals surface area contributed by atoms with Gasteiger partial charge in [-0.3, -0.25) is 9.59 Å². The number of nitrogens with zero attached hydrogens (tertiary/aromatic N) is 1. The minimum atomic E-state index is -0.282. The lowest BCUT2D eigenvalue weighted by molar-refractivity contribution is -0.116. The van der Waals surface area contributed by atoms with Crippen molar-refractivity contribution in [1.29, 1.82) is 0 Å². The molecule has 2 amide bonds. The highest BCUT2D eigenvalue weighted by atomic mass is 32.2. The van der Waals surface area contributed by atoms with E-state index in [4.69, 9.17) is 4.74 Å². The summed E-state index contributed by atoms with van der Waals surface area (Å²) in [6, 6.07) is 15.2. The number of thiazole rings is 1. The monoisotopic (exact) mass is 469 g/mol. The molecule has 32 heavy (non-hydrogen) atoms. The van der Waals surface area contributed by atoms with E-state index in [-0.39, 0.29) is 17.1 Å². The Morgan fingerprint density at radius 1 is 1.12 bits per heavy atom. The Hall–Kier alpha value is -2.84. The number of para-hydroxylation sites is 1. The number of carbonyl (C=O) groups is 2. The molecule has 3 rings (SSSR count). The van der Waals surface area contributed by atoms with Crippen LogP contribution in [0.3, 0.4) is 0 Å². The van der Waals surface area contributed by atoms with Crippen LogP contribution < -0.4 is 15.4 Å². The molecule has 0 bridgehead atoms. The van der Waals surface area contributed by atoms with Gasteiger partial charge in [-0.25, -0.2) is 4.98 Å².